The van der Waals surface area contributed by atoms with Crippen LogP contribution in [0.25, 0.3) is 5.57 Å². The minimum Gasteiger partial charge on any atom is -0.491 e. The highest BCUT2D eigenvalue weighted by molar-refractivity contribution is 6.31. The van der Waals surface area contributed by atoms with E-state index < -0.39 is 29.1 Å². The van der Waals surface area contributed by atoms with Gasteiger partial charge in [0.1, 0.15) is 12.4 Å². The number of likely N-dealkylation sites (tertiary alicyclic amines) is 1. The zero-order valence-electron chi connectivity index (χ0n) is 25.1. The molecule has 1 aliphatic heterocycles. The number of ketones is 2. The minimum atomic E-state index is -1.25. The summed E-state index contributed by atoms with van der Waals surface area (Å²) in [7, 11) is 0. The Labute approximate surface area is 262 Å². The molecule has 1 saturated heterocycles. The predicted molar refractivity (Wildman–Crippen MR) is 168 cm³/mol. The molecule has 7 heteroatoms. The zero-order valence-corrected chi connectivity index (χ0v) is 25.1. The number of aliphatic hydroxyl groups is 1. The minimum absolute atomic E-state index is 0.117. The van der Waals surface area contributed by atoms with Crippen molar-refractivity contribution < 1.29 is 29.0 Å². The number of Topliss-reactive ketones (excluding diaryl/α,β-unsaturated/α-hetero) is 1. The predicted octanol–water partition coefficient (Wildman–Crippen LogP) is 4.90. The molecule has 3 aliphatic carbocycles. The van der Waals surface area contributed by atoms with Crippen LogP contribution in [0.5, 0.6) is 5.75 Å². The van der Waals surface area contributed by atoms with E-state index in [4.69, 9.17) is 4.74 Å². The van der Waals surface area contributed by atoms with E-state index in [-0.39, 0.29) is 42.5 Å². The van der Waals surface area contributed by atoms with Crippen molar-refractivity contribution in [3.05, 3.63) is 119 Å². The van der Waals surface area contributed by atoms with Crippen LogP contribution in [-0.2, 0) is 24.6 Å². The van der Waals surface area contributed by atoms with Crippen molar-refractivity contribution in [3.63, 3.8) is 0 Å². The van der Waals surface area contributed by atoms with Crippen LogP contribution in [0, 0.1) is 23.7 Å². The first-order valence-electron chi connectivity index (χ1n) is 15.7. The number of allylic oxidation sites excluding steroid dienone is 4. The first-order valence-corrected chi connectivity index (χ1v) is 15.7. The van der Waals surface area contributed by atoms with Gasteiger partial charge in [-0.15, -0.1) is 0 Å². The van der Waals surface area contributed by atoms with Gasteiger partial charge in [0.2, 0.25) is 11.8 Å². The SMILES string of the molecule is CCN1C(=O)[C@H]2[C@H](CC=C3[C@H]2C[C@H]2C(=O)C(c4ccccc4)=CC(=O)[C@@]2(c2ccccc2)[C@H]3c2ccc(OCCO)cc2)C1=O. The van der Waals surface area contributed by atoms with Gasteiger partial charge in [-0.05, 0) is 60.6 Å². The van der Waals surface area contributed by atoms with Crippen LogP contribution in [0.3, 0.4) is 0 Å². The van der Waals surface area contributed by atoms with Gasteiger partial charge in [-0.2, -0.15) is 0 Å². The Kier molecular flexibility index (Phi) is 7.37. The molecule has 1 heterocycles. The number of benzene rings is 3. The number of ether oxygens (including phenoxy) is 1. The highest BCUT2D eigenvalue weighted by Gasteiger charge is 2.65. The summed E-state index contributed by atoms with van der Waals surface area (Å²) in [4.78, 5) is 58.3. The van der Waals surface area contributed by atoms with Crippen molar-refractivity contribution >= 4 is 29.0 Å². The molecule has 0 radical (unpaired) electrons. The first-order chi connectivity index (χ1) is 21.9. The third-order valence-electron chi connectivity index (χ3n) is 10.4. The number of amides is 2. The average molecular weight is 602 g/mol. The molecule has 1 saturated carbocycles. The number of carbonyl (C=O) groups is 4. The fourth-order valence-electron chi connectivity index (χ4n) is 8.55. The highest BCUT2D eigenvalue weighted by Crippen LogP contribution is 2.63. The molecule has 228 valence electrons. The van der Waals surface area contributed by atoms with Crippen LogP contribution in [-0.4, -0.2) is 53.1 Å². The van der Waals surface area contributed by atoms with E-state index in [0.717, 1.165) is 16.7 Å². The van der Waals surface area contributed by atoms with Crippen molar-refractivity contribution in [1.29, 1.82) is 0 Å². The monoisotopic (exact) mass is 601 g/mol. The van der Waals surface area contributed by atoms with Crippen molar-refractivity contribution in [2.45, 2.75) is 31.1 Å². The van der Waals surface area contributed by atoms with Crippen LogP contribution >= 0.6 is 0 Å². The maximum absolute atomic E-state index is 15.0. The smallest absolute Gasteiger partial charge is 0.233 e. The standard InChI is InChI=1S/C38H35NO6/c1-2-39-36(43)28-18-17-27-30(33(28)37(39)44)21-31-35(42)29(23-9-5-3-6-10-23)22-32(41)38(31,25-11-7-4-8-12-25)34(27)24-13-15-26(16-14-24)45-20-19-40/h3-17,22,28,30-31,33-34,40H,2,18-21H2,1H3/t28-,30+,31-,33-,34-,38-/m0/s1. The van der Waals surface area contributed by atoms with Crippen molar-refractivity contribution in [2.75, 3.05) is 19.8 Å². The molecule has 0 spiro atoms. The second kappa shape index (κ2) is 11.4. The first kappa shape index (κ1) is 29.1. The van der Waals surface area contributed by atoms with Gasteiger partial charge in [0.15, 0.2) is 11.6 Å². The van der Waals surface area contributed by atoms with E-state index in [0.29, 0.717) is 36.3 Å². The molecule has 1 N–H and O–H groups in total. The molecule has 4 aliphatic rings. The summed E-state index contributed by atoms with van der Waals surface area (Å²) in [6, 6.07) is 26.3. The van der Waals surface area contributed by atoms with Gasteiger partial charge in [0.25, 0.3) is 0 Å². The Hall–Kier alpha value is -4.62. The number of hydrogen-bond acceptors (Lipinski definition) is 6. The Balaban J connectivity index is 1.47. The van der Waals surface area contributed by atoms with Crippen molar-refractivity contribution in [3.8, 4) is 5.75 Å². The van der Waals surface area contributed by atoms with Crippen molar-refractivity contribution in [2.24, 2.45) is 23.7 Å². The van der Waals surface area contributed by atoms with Gasteiger partial charge in [0.05, 0.1) is 23.9 Å². The highest BCUT2D eigenvalue weighted by atomic mass is 16.5. The summed E-state index contributed by atoms with van der Waals surface area (Å²) in [5, 5.41) is 9.25. The summed E-state index contributed by atoms with van der Waals surface area (Å²) in [6.45, 7) is 2.15. The van der Waals surface area contributed by atoms with Crippen molar-refractivity contribution in [1.82, 2.24) is 4.90 Å². The summed E-state index contributed by atoms with van der Waals surface area (Å²) in [5.41, 5.74) is 2.34. The lowest BCUT2D eigenvalue weighted by Gasteiger charge is -2.55. The van der Waals surface area contributed by atoms with E-state index in [1.54, 1.807) is 0 Å². The summed E-state index contributed by atoms with van der Waals surface area (Å²) >= 11 is 0. The molecule has 0 bridgehead atoms. The molecule has 7 nitrogen and oxygen atoms in total. The van der Waals surface area contributed by atoms with E-state index in [1.807, 2.05) is 91.9 Å². The van der Waals surface area contributed by atoms with Gasteiger partial charge in [-0.1, -0.05) is 84.4 Å². The summed E-state index contributed by atoms with van der Waals surface area (Å²) in [5.74, 6) is -2.76. The molecule has 6 atom stereocenters. The number of aliphatic hydroxyl groups excluding tert-OH is 1. The number of fused-ring (bicyclic) bond motifs is 4. The number of carbonyl (C=O) groups excluding carboxylic acids is 4. The largest absolute Gasteiger partial charge is 0.491 e. The molecule has 0 unspecified atom stereocenters. The molecule has 0 aromatic heterocycles. The van der Waals surface area contributed by atoms with Gasteiger partial charge in [0, 0.05) is 24.0 Å². The molecule has 2 fully saturated rings. The van der Waals surface area contributed by atoms with Crippen LogP contribution in [0.2, 0.25) is 0 Å². The maximum atomic E-state index is 15.0. The zero-order chi connectivity index (χ0) is 31.3. The van der Waals surface area contributed by atoms with Gasteiger partial charge >= 0.3 is 0 Å². The lowest BCUT2D eigenvalue weighted by atomic mass is 9.44. The Morgan fingerprint density at radius 3 is 2.22 bits per heavy atom. The van der Waals surface area contributed by atoms with Gasteiger partial charge in [-0.25, -0.2) is 0 Å². The second-order valence-electron chi connectivity index (χ2n) is 12.3. The fourth-order valence-corrected chi connectivity index (χ4v) is 8.55. The molecule has 2 amide bonds. The van der Waals surface area contributed by atoms with E-state index >= 15 is 0 Å². The van der Waals surface area contributed by atoms with E-state index in [1.165, 1.54) is 11.0 Å². The van der Waals surface area contributed by atoms with E-state index in [2.05, 4.69) is 6.08 Å². The number of imide groups is 1. The second-order valence-corrected chi connectivity index (χ2v) is 12.3. The fraction of sp³-hybridized carbons (Fsp3) is 0.316. The summed E-state index contributed by atoms with van der Waals surface area (Å²) < 4.78 is 5.65. The Bertz CT molecular complexity index is 1730. The maximum Gasteiger partial charge on any atom is 0.233 e. The molecular weight excluding hydrogens is 566 g/mol. The lowest BCUT2D eigenvalue weighted by Crippen LogP contribution is -2.58. The molecule has 3 aromatic carbocycles. The number of hydrogen-bond donors (Lipinski definition) is 1. The summed E-state index contributed by atoms with van der Waals surface area (Å²) in [6.07, 6.45) is 4.31. The molecular formula is C38H35NO6. The number of nitrogens with zero attached hydrogens (tertiary/aromatic N) is 1. The molecule has 7 rings (SSSR count). The normalized spacial score (nSPS) is 29.0. The Morgan fingerprint density at radius 1 is 0.867 bits per heavy atom. The van der Waals surface area contributed by atoms with Crippen LogP contribution in [0.4, 0.5) is 0 Å². The number of rotatable bonds is 7. The van der Waals surface area contributed by atoms with Gasteiger partial charge in [-0.3, -0.25) is 24.1 Å². The molecule has 45 heavy (non-hydrogen) atoms. The van der Waals surface area contributed by atoms with Crippen LogP contribution < -0.4 is 4.74 Å². The lowest BCUT2D eigenvalue weighted by molar-refractivity contribution is -0.140. The topological polar surface area (TPSA) is 101 Å². The van der Waals surface area contributed by atoms with E-state index in [9.17, 15) is 24.3 Å². The third-order valence-corrected chi connectivity index (χ3v) is 10.4. The average Bonchev–Trinajstić information content (AvgIpc) is 3.33. The quantitative estimate of drug-likeness (QED) is 0.306. The van der Waals surface area contributed by atoms with Crippen LogP contribution in [0.15, 0.2) is 103 Å². The van der Waals surface area contributed by atoms with Crippen LogP contribution in [0.1, 0.15) is 42.4 Å². The molecule has 3 aromatic rings. The Morgan fingerprint density at radius 2 is 1.56 bits per heavy atom. The third kappa shape index (κ3) is 4.36. The van der Waals surface area contributed by atoms with Gasteiger partial charge < -0.3 is 9.84 Å².